The Morgan fingerprint density at radius 2 is 1.67 bits per heavy atom. The van der Waals surface area contributed by atoms with Gasteiger partial charge in [0.1, 0.15) is 0 Å². The molecule has 0 spiro atoms. The molecule has 3 aromatic rings. The number of benzene rings is 2. The second-order valence-corrected chi connectivity index (χ2v) is 5.90. The molecular weight excluding hydrogens is 342 g/mol. The number of ether oxygens (including phenoxy) is 2. The summed E-state index contributed by atoms with van der Waals surface area (Å²) >= 11 is 0. The fourth-order valence-corrected chi connectivity index (χ4v) is 2.65. The molecule has 2 aromatic carbocycles. The van der Waals surface area contributed by atoms with Gasteiger partial charge in [-0.15, -0.1) is 0 Å². The number of methoxy groups -OCH3 is 2. The maximum atomic E-state index is 12.2. The van der Waals surface area contributed by atoms with Gasteiger partial charge in [0.05, 0.1) is 32.3 Å². The lowest BCUT2D eigenvalue weighted by molar-refractivity contribution is -0.116. The number of rotatable bonds is 7. The minimum Gasteiger partial charge on any atom is -0.493 e. The van der Waals surface area contributed by atoms with E-state index >= 15 is 0 Å². The molecule has 0 radical (unpaired) electrons. The summed E-state index contributed by atoms with van der Waals surface area (Å²) in [5.41, 5.74) is 2.51. The van der Waals surface area contributed by atoms with Crippen molar-refractivity contribution in [3.8, 4) is 22.9 Å². The summed E-state index contributed by atoms with van der Waals surface area (Å²) in [5.74, 6) is 1.85. The highest BCUT2D eigenvalue weighted by Crippen LogP contribution is 2.28. The molecule has 1 N–H and O–H groups in total. The standard InChI is InChI=1S/C21H21N3O3/c1-26-18-10-8-15(12-19(18)27-2)9-11-20(25)24-17-13-22-21(23-14-17)16-6-4-3-5-7-16/h3-8,10,12-14H,9,11H2,1-2H3,(H,24,25). The fraction of sp³-hybridized carbons (Fsp3) is 0.190. The molecule has 1 amide bonds. The van der Waals surface area contributed by atoms with Gasteiger partial charge in [-0.2, -0.15) is 0 Å². The Morgan fingerprint density at radius 3 is 2.33 bits per heavy atom. The molecule has 1 aromatic heterocycles. The first-order valence-electron chi connectivity index (χ1n) is 8.58. The van der Waals surface area contributed by atoms with Gasteiger partial charge in [0.15, 0.2) is 17.3 Å². The maximum Gasteiger partial charge on any atom is 0.224 e. The topological polar surface area (TPSA) is 73.3 Å². The molecule has 0 aliphatic carbocycles. The number of nitrogens with zero attached hydrogens (tertiary/aromatic N) is 2. The number of hydrogen-bond donors (Lipinski definition) is 1. The Bertz CT molecular complexity index is 896. The first kappa shape index (κ1) is 18.4. The summed E-state index contributed by atoms with van der Waals surface area (Å²) < 4.78 is 10.5. The van der Waals surface area contributed by atoms with Crippen LogP contribution >= 0.6 is 0 Å². The summed E-state index contributed by atoms with van der Waals surface area (Å²) in [5, 5.41) is 2.82. The van der Waals surface area contributed by atoms with Gasteiger partial charge in [-0.3, -0.25) is 4.79 Å². The van der Waals surface area contributed by atoms with Gasteiger partial charge >= 0.3 is 0 Å². The largest absolute Gasteiger partial charge is 0.493 e. The van der Waals surface area contributed by atoms with Gasteiger partial charge in [-0.05, 0) is 24.1 Å². The molecule has 0 aliphatic rings. The Kier molecular flexibility index (Phi) is 5.99. The average molecular weight is 363 g/mol. The minimum absolute atomic E-state index is 0.0964. The quantitative estimate of drug-likeness (QED) is 0.692. The van der Waals surface area contributed by atoms with Crippen molar-refractivity contribution in [1.82, 2.24) is 9.97 Å². The van der Waals surface area contributed by atoms with Gasteiger partial charge in [0.25, 0.3) is 0 Å². The Balaban J connectivity index is 1.56. The number of anilines is 1. The summed E-state index contributed by atoms with van der Waals surface area (Å²) in [4.78, 5) is 20.8. The molecule has 0 fully saturated rings. The van der Waals surface area contributed by atoms with Gasteiger partial charge in [0, 0.05) is 12.0 Å². The molecule has 27 heavy (non-hydrogen) atoms. The smallest absolute Gasteiger partial charge is 0.224 e. The summed E-state index contributed by atoms with van der Waals surface area (Å²) in [6.07, 6.45) is 4.17. The van der Waals surface area contributed by atoms with Crippen molar-refractivity contribution in [1.29, 1.82) is 0 Å². The number of carbonyl (C=O) groups is 1. The zero-order valence-corrected chi connectivity index (χ0v) is 15.3. The van der Waals surface area contributed by atoms with Crippen LogP contribution in [-0.2, 0) is 11.2 Å². The molecular formula is C21H21N3O3. The van der Waals surface area contributed by atoms with Gasteiger partial charge in [-0.25, -0.2) is 9.97 Å². The Morgan fingerprint density at radius 1 is 0.963 bits per heavy atom. The van der Waals surface area contributed by atoms with E-state index in [9.17, 15) is 4.79 Å². The first-order valence-corrected chi connectivity index (χ1v) is 8.58. The third kappa shape index (κ3) is 4.82. The van der Waals surface area contributed by atoms with Crippen molar-refractivity contribution in [3.05, 3.63) is 66.5 Å². The second kappa shape index (κ2) is 8.80. The molecule has 0 bridgehead atoms. The summed E-state index contributed by atoms with van der Waals surface area (Å²) in [7, 11) is 3.18. The molecule has 0 saturated heterocycles. The van der Waals surface area contributed by atoms with Crippen molar-refractivity contribution in [2.75, 3.05) is 19.5 Å². The van der Waals surface area contributed by atoms with Crippen LogP contribution in [0.1, 0.15) is 12.0 Å². The van der Waals surface area contributed by atoms with Gasteiger partial charge < -0.3 is 14.8 Å². The molecule has 0 atom stereocenters. The molecule has 3 rings (SSSR count). The molecule has 0 unspecified atom stereocenters. The van der Waals surface area contributed by atoms with Crippen LogP contribution in [0, 0.1) is 0 Å². The van der Waals surface area contributed by atoms with E-state index in [4.69, 9.17) is 9.47 Å². The van der Waals surface area contributed by atoms with Crippen LogP contribution in [-0.4, -0.2) is 30.1 Å². The lowest BCUT2D eigenvalue weighted by Crippen LogP contribution is -2.13. The zero-order valence-electron chi connectivity index (χ0n) is 15.3. The van der Waals surface area contributed by atoms with E-state index in [1.807, 2.05) is 48.5 Å². The zero-order chi connectivity index (χ0) is 19.1. The van der Waals surface area contributed by atoms with E-state index in [-0.39, 0.29) is 5.91 Å². The van der Waals surface area contributed by atoms with Crippen LogP contribution in [0.5, 0.6) is 11.5 Å². The molecule has 0 aliphatic heterocycles. The Hall–Kier alpha value is -3.41. The molecule has 6 nitrogen and oxygen atoms in total. The fourth-order valence-electron chi connectivity index (χ4n) is 2.65. The van der Waals surface area contributed by atoms with Crippen LogP contribution in [0.2, 0.25) is 0 Å². The van der Waals surface area contributed by atoms with Crippen LogP contribution in [0.25, 0.3) is 11.4 Å². The van der Waals surface area contributed by atoms with E-state index in [2.05, 4.69) is 15.3 Å². The highest BCUT2D eigenvalue weighted by molar-refractivity contribution is 5.90. The van der Waals surface area contributed by atoms with E-state index < -0.39 is 0 Å². The van der Waals surface area contributed by atoms with Crippen molar-refractivity contribution < 1.29 is 14.3 Å². The number of nitrogens with one attached hydrogen (secondary N) is 1. The molecule has 0 saturated carbocycles. The van der Waals surface area contributed by atoms with Crippen LogP contribution < -0.4 is 14.8 Å². The molecule has 6 heteroatoms. The third-order valence-electron chi connectivity index (χ3n) is 4.06. The first-order chi connectivity index (χ1) is 13.2. The van der Waals surface area contributed by atoms with Crippen molar-refractivity contribution in [3.63, 3.8) is 0 Å². The van der Waals surface area contributed by atoms with Gasteiger partial charge in [-0.1, -0.05) is 36.4 Å². The number of carbonyl (C=O) groups excluding carboxylic acids is 1. The number of amides is 1. The van der Waals surface area contributed by atoms with Crippen LogP contribution in [0.3, 0.4) is 0 Å². The van der Waals surface area contributed by atoms with E-state index in [0.717, 1.165) is 11.1 Å². The highest BCUT2D eigenvalue weighted by atomic mass is 16.5. The second-order valence-electron chi connectivity index (χ2n) is 5.90. The third-order valence-corrected chi connectivity index (χ3v) is 4.06. The number of aryl methyl sites for hydroxylation is 1. The predicted molar refractivity (Wildman–Crippen MR) is 104 cm³/mol. The van der Waals surface area contributed by atoms with E-state index in [0.29, 0.717) is 35.9 Å². The monoisotopic (exact) mass is 363 g/mol. The summed E-state index contributed by atoms with van der Waals surface area (Å²) in [6, 6.07) is 15.3. The van der Waals surface area contributed by atoms with Crippen molar-refractivity contribution in [2.24, 2.45) is 0 Å². The number of hydrogen-bond acceptors (Lipinski definition) is 5. The Labute approximate surface area is 158 Å². The lowest BCUT2D eigenvalue weighted by Gasteiger charge is -2.10. The highest BCUT2D eigenvalue weighted by Gasteiger charge is 2.08. The van der Waals surface area contributed by atoms with Crippen molar-refractivity contribution >= 4 is 11.6 Å². The van der Waals surface area contributed by atoms with Gasteiger partial charge in [0.2, 0.25) is 5.91 Å². The lowest BCUT2D eigenvalue weighted by atomic mass is 10.1. The number of aromatic nitrogens is 2. The van der Waals surface area contributed by atoms with Crippen LogP contribution in [0.15, 0.2) is 60.9 Å². The molecule has 1 heterocycles. The normalized spacial score (nSPS) is 10.3. The SMILES string of the molecule is COc1ccc(CCC(=O)Nc2cnc(-c3ccccc3)nc2)cc1OC. The van der Waals surface area contributed by atoms with E-state index in [1.165, 1.54) is 0 Å². The predicted octanol–water partition coefficient (Wildman–Crippen LogP) is 3.73. The maximum absolute atomic E-state index is 12.2. The summed E-state index contributed by atoms with van der Waals surface area (Å²) in [6.45, 7) is 0. The molecule has 138 valence electrons. The van der Waals surface area contributed by atoms with E-state index in [1.54, 1.807) is 26.6 Å². The average Bonchev–Trinajstić information content (AvgIpc) is 2.73. The van der Waals surface area contributed by atoms with Crippen LogP contribution in [0.4, 0.5) is 5.69 Å². The minimum atomic E-state index is -0.0964. The van der Waals surface area contributed by atoms with Crippen molar-refractivity contribution in [2.45, 2.75) is 12.8 Å².